The van der Waals surface area contributed by atoms with Gasteiger partial charge in [0.1, 0.15) is 11.3 Å². The van der Waals surface area contributed by atoms with E-state index in [4.69, 9.17) is 20.8 Å². The highest BCUT2D eigenvalue weighted by Crippen LogP contribution is 2.23. The maximum Gasteiger partial charge on any atom is 0.337 e. The Bertz CT molecular complexity index is 895. The van der Waals surface area contributed by atoms with E-state index in [2.05, 4.69) is 4.74 Å². The second-order valence-electron chi connectivity index (χ2n) is 5.02. The van der Waals surface area contributed by atoms with E-state index in [1.165, 1.54) is 7.11 Å². The Labute approximate surface area is 142 Å². The summed E-state index contributed by atoms with van der Waals surface area (Å²) in [6.45, 7) is -0.175. The predicted molar refractivity (Wildman–Crippen MR) is 88.8 cm³/mol. The van der Waals surface area contributed by atoms with Crippen LogP contribution < -0.4 is 4.74 Å². The molecule has 0 saturated heterocycles. The van der Waals surface area contributed by atoms with E-state index in [1.807, 2.05) is 0 Å². The van der Waals surface area contributed by atoms with E-state index in [9.17, 15) is 9.59 Å². The molecule has 3 rings (SSSR count). The summed E-state index contributed by atoms with van der Waals surface area (Å²) in [5.74, 6) is -0.0495. The fourth-order valence-electron chi connectivity index (χ4n) is 2.18. The molecule has 24 heavy (non-hydrogen) atoms. The van der Waals surface area contributed by atoms with Gasteiger partial charge in [-0.1, -0.05) is 11.6 Å². The minimum atomic E-state index is -0.432. The normalized spacial score (nSPS) is 10.6. The highest BCUT2D eigenvalue weighted by atomic mass is 35.5. The van der Waals surface area contributed by atoms with Gasteiger partial charge >= 0.3 is 5.97 Å². The number of benzene rings is 2. The first kappa shape index (κ1) is 16.1. The molecule has 0 unspecified atom stereocenters. The van der Waals surface area contributed by atoms with Gasteiger partial charge in [-0.3, -0.25) is 4.79 Å². The van der Waals surface area contributed by atoms with Gasteiger partial charge in [-0.15, -0.1) is 0 Å². The Morgan fingerprint density at radius 2 is 1.83 bits per heavy atom. The van der Waals surface area contributed by atoms with Gasteiger partial charge in [0.05, 0.1) is 12.7 Å². The van der Waals surface area contributed by atoms with Gasteiger partial charge in [0, 0.05) is 10.4 Å². The minimum Gasteiger partial charge on any atom is -0.485 e. The summed E-state index contributed by atoms with van der Waals surface area (Å²) >= 11 is 5.91. The predicted octanol–water partition coefficient (Wildman–Crippen LogP) is 4.13. The molecule has 2 aromatic carbocycles. The van der Waals surface area contributed by atoms with E-state index >= 15 is 0 Å². The second kappa shape index (κ2) is 6.76. The van der Waals surface area contributed by atoms with Crippen molar-refractivity contribution in [2.45, 2.75) is 0 Å². The maximum absolute atomic E-state index is 12.2. The summed E-state index contributed by atoms with van der Waals surface area (Å²) in [6, 6.07) is 13.1. The number of rotatable bonds is 5. The summed E-state index contributed by atoms with van der Waals surface area (Å²) in [5.41, 5.74) is 0.996. The van der Waals surface area contributed by atoms with Crippen molar-refractivity contribution in [3.05, 3.63) is 64.9 Å². The Kier molecular flexibility index (Phi) is 4.53. The first-order valence-corrected chi connectivity index (χ1v) is 7.48. The van der Waals surface area contributed by atoms with E-state index in [0.717, 1.165) is 5.39 Å². The van der Waals surface area contributed by atoms with E-state index in [-0.39, 0.29) is 18.2 Å². The summed E-state index contributed by atoms with van der Waals surface area (Å²) in [5, 5.41) is 1.33. The molecule has 0 radical (unpaired) electrons. The number of Topliss-reactive ketones (excluding diaryl/α,β-unsaturated/α-hetero) is 1. The highest BCUT2D eigenvalue weighted by molar-refractivity contribution is 6.31. The summed E-state index contributed by atoms with van der Waals surface area (Å²) < 4.78 is 15.5. The van der Waals surface area contributed by atoms with Crippen LogP contribution in [0.4, 0.5) is 0 Å². The molecule has 122 valence electrons. The Morgan fingerprint density at radius 3 is 2.54 bits per heavy atom. The van der Waals surface area contributed by atoms with Gasteiger partial charge < -0.3 is 13.9 Å². The molecule has 0 aliphatic heterocycles. The standard InChI is InChI=1S/C18H13ClO5/c1-22-18(21)11-2-5-14(6-3-11)23-10-15(20)17-9-12-8-13(19)4-7-16(12)24-17/h2-9H,10H2,1H3. The number of carbonyl (C=O) groups excluding carboxylic acids is 2. The van der Waals surface area contributed by atoms with Crippen LogP contribution in [0.2, 0.25) is 5.02 Å². The third-order valence-corrected chi connectivity index (χ3v) is 3.63. The molecular formula is C18H13ClO5. The number of hydrogen-bond donors (Lipinski definition) is 0. The lowest BCUT2D eigenvalue weighted by molar-refractivity contribution is 0.0600. The Balaban J connectivity index is 1.67. The fraction of sp³-hybridized carbons (Fsp3) is 0.111. The highest BCUT2D eigenvalue weighted by Gasteiger charge is 2.14. The number of furan rings is 1. The lowest BCUT2D eigenvalue weighted by atomic mass is 10.2. The molecule has 0 bridgehead atoms. The number of carbonyl (C=O) groups is 2. The van der Waals surface area contributed by atoms with E-state index < -0.39 is 5.97 Å². The zero-order valence-electron chi connectivity index (χ0n) is 12.7. The van der Waals surface area contributed by atoms with Crippen molar-refractivity contribution in [2.24, 2.45) is 0 Å². The third kappa shape index (κ3) is 3.41. The van der Waals surface area contributed by atoms with Crippen molar-refractivity contribution in [1.29, 1.82) is 0 Å². The molecule has 0 spiro atoms. The zero-order chi connectivity index (χ0) is 17.1. The van der Waals surface area contributed by atoms with Crippen molar-refractivity contribution >= 4 is 34.3 Å². The van der Waals surface area contributed by atoms with Gasteiger partial charge in [-0.25, -0.2) is 4.79 Å². The molecule has 0 fully saturated rings. The van der Waals surface area contributed by atoms with Crippen LogP contribution in [0.3, 0.4) is 0 Å². The number of ketones is 1. The molecule has 0 saturated carbocycles. The minimum absolute atomic E-state index is 0.175. The number of fused-ring (bicyclic) bond motifs is 1. The van der Waals surface area contributed by atoms with Crippen molar-refractivity contribution < 1.29 is 23.5 Å². The first-order valence-electron chi connectivity index (χ1n) is 7.10. The lowest BCUT2D eigenvalue weighted by Gasteiger charge is -2.05. The number of methoxy groups -OCH3 is 1. The average molecular weight is 345 g/mol. The van der Waals surface area contributed by atoms with Crippen LogP contribution >= 0.6 is 11.6 Å². The van der Waals surface area contributed by atoms with Crippen molar-refractivity contribution in [2.75, 3.05) is 13.7 Å². The lowest BCUT2D eigenvalue weighted by Crippen LogP contribution is -2.10. The van der Waals surface area contributed by atoms with Crippen LogP contribution in [0, 0.1) is 0 Å². The monoisotopic (exact) mass is 344 g/mol. The van der Waals surface area contributed by atoms with Crippen LogP contribution in [0.1, 0.15) is 20.9 Å². The summed E-state index contributed by atoms with van der Waals surface area (Å²) in [7, 11) is 1.31. The van der Waals surface area contributed by atoms with Crippen molar-refractivity contribution in [3.63, 3.8) is 0 Å². The van der Waals surface area contributed by atoms with Gasteiger partial charge in [0.25, 0.3) is 0 Å². The maximum atomic E-state index is 12.2. The smallest absolute Gasteiger partial charge is 0.337 e. The van der Waals surface area contributed by atoms with Crippen LogP contribution in [0.25, 0.3) is 11.0 Å². The Morgan fingerprint density at radius 1 is 1.08 bits per heavy atom. The third-order valence-electron chi connectivity index (χ3n) is 3.40. The molecule has 0 atom stereocenters. The van der Waals surface area contributed by atoms with E-state index in [0.29, 0.717) is 21.9 Å². The number of esters is 1. The molecule has 1 heterocycles. The average Bonchev–Trinajstić information content (AvgIpc) is 3.02. The van der Waals surface area contributed by atoms with Crippen LogP contribution in [-0.4, -0.2) is 25.5 Å². The zero-order valence-corrected chi connectivity index (χ0v) is 13.5. The van der Waals surface area contributed by atoms with Crippen molar-refractivity contribution in [3.8, 4) is 5.75 Å². The topological polar surface area (TPSA) is 65.7 Å². The van der Waals surface area contributed by atoms with E-state index in [1.54, 1.807) is 48.5 Å². The number of halogens is 1. The summed E-state index contributed by atoms with van der Waals surface area (Å²) in [6.07, 6.45) is 0. The fourth-order valence-corrected chi connectivity index (χ4v) is 2.36. The molecule has 1 aromatic heterocycles. The number of hydrogen-bond acceptors (Lipinski definition) is 5. The molecule has 0 amide bonds. The SMILES string of the molecule is COC(=O)c1ccc(OCC(=O)c2cc3cc(Cl)ccc3o2)cc1. The van der Waals surface area contributed by atoms with Gasteiger partial charge in [-0.2, -0.15) is 0 Å². The molecule has 0 aliphatic rings. The first-order chi connectivity index (χ1) is 11.6. The quantitative estimate of drug-likeness (QED) is 0.514. The van der Waals surface area contributed by atoms with Crippen LogP contribution in [0.5, 0.6) is 5.75 Å². The van der Waals surface area contributed by atoms with Crippen LogP contribution in [0.15, 0.2) is 52.9 Å². The molecule has 0 aliphatic carbocycles. The van der Waals surface area contributed by atoms with Gasteiger partial charge in [0.2, 0.25) is 5.78 Å². The molecule has 0 N–H and O–H groups in total. The van der Waals surface area contributed by atoms with Gasteiger partial charge in [-0.05, 0) is 48.5 Å². The largest absolute Gasteiger partial charge is 0.485 e. The summed E-state index contributed by atoms with van der Waals surface area (Å²) in [4.78, 5) is 23.5. The van der Waals surface area contributed by atoms with Crippen LogP contribution in [-0.2, 0) is 4.74 Å². The van der Waals surface area contributed by atoms with Gasteiger partial charge in [0.15, 0.2) is 12.4 Å². The number of ether oxygens (including phenoxy) is 2. The molecule has 6 heteroatoms. The Hall–Kier alpha value is -2.79. The molecular weight excluding hydrogens is 332 g/mol. The molecule has 5 nitrogen and oxygen atoms in total. The second-order valence-corrected chi connectivity index (χ2v) is 5.46. The molecule has 3 aromatic rings. The van der Waals surface area contributed by atoms with Crippen molar-refractivity contribution in [1.82, 2.24) is 0 Å².